The van der Waals surface area contributed by atoms with Gasteiger partial charge in [-0.2, -0.15) is 5.26 Å². The van der Waals surface area contributed by atoms with Crippen LogP contribution >= 0.6 is 8.53 Å². The van der Waals surface area contributed by atoms with Gasteiger partial charge in [0.15, 0.2) is 0 Å². The Morgan fingerprint density at radius 1 is 1.09 bits per heavy atom. The van der Waals surface area contributed by atoms with Crippen molar-refractivity contribution in [3.8, 4) is 11.8 Å². The number of rotatable bonds is 13. The van der Waals surface area contributed by atoms with E-state index in [1.165, 1.54) is 77.3 Å². The fourth-order valence-corrected chi connectivity index (χ4v) is 10.7. The third-order valence-corrected chi connectivity index (χ3v) is 13.2. The second-order valence-electron chi connectivity index (χ2n) is 14.5. The van der Waals surface area contributed by atoms with Crippen LogP contribution in [0.1, 0.15) is 101 Å². The second-order valence-corrected chi connectivity index (χ2v) is 16.0. The molecule has 0 N–H and O–H groups in total. The number of anilines is 2. The standard InChI is InChI=1S/C39H53N4O3P/c1-5-43(28(2)3)47(45-25-13-20-40)44-24-10-6-9-19-39(4)33-16-7-8-17-34(33)42-23-18-35-32(38(39)42)27-30-26-29-14-11-21-41-22-12-15-31(36(29)41)37(30)46-35/h7-8,16-17,26-28,35,38H,5-6,9-15,18-19,21-25H2,1-4H3. The summed E-state index contributed by atoms with van der Waals surface area (Å²) in [4.78, 5) is 5.34. The van der Waals surface area contributed by atoms with Gasteiger partial charge in [0.2, 0.25) is 0 Å². The Kier molecular flexibility index (Phi) is 9.86. The molecule has 8 heteroatoms. The van der Waals surface area contributed by atoms with Crippen molar-refractivity contribution >= 4 is 26.0 Å². The maximum atomic E-state index is 8.99. The highest BCUT2D eigenvalue weighted by Crippen LogP contribution is 2.55. The van der Waals surface area contributed by atoms with Gasteiger partial charge in [0.25, 0.3) is 8.53 Å². The second kappa shape index (κ2) is 14.1. The lowest BCUT2D eigenvalue weighted by molar-refractivity contribution is 0.183. The molecule has 252 valence electrons. The lowest BCUT2D eigenvalue weighted by atomic mass is 9.69. The predicted octanol–water partition coefficient (Wildman–Crippen LogP) is 8.54. The Labute approximate surface area is 283 Å². The highest BCUT2D eigenvalue weighted by atomic mass is 31.2. The zero-order valence-electron chi connectivity index (χ0n) is 29.0. The van der Waals surface area contributed by atoms with Crippen molar-refractivity contribution in [1.29, 1.82) is 5.26 Å². The van der Waals surface area contributed by atoms with Gasteiger partial charge in [-0.1, -0.05) is 44.9 Å². The van der Waals surface area contributed by atoms with Gasteiger partial charge in [-0.05, 0) is 87.3 Å². The molecule has 2 aromatic rings. The van der Waals surface area contributed by atoms with E-state index in [9.17, 15) is 0 Å². The summed E-state index contributed by atoms with van der Waals surface area (Å²) in [7, 11) is -1.14. The van der Waals surface area contributed by atoms with E-state index in [2.05, 4.69) is 84.6 Å². The van der Waals surface area contributed by atoms with Crippen LogP contribution in [-0.2, 0) is 27.3 Å². The zero-order valence-corrected chi connectivity index (χ0v) is 29.9. The number of hydrogen-bond acceptors (Lipinski definition) is 7. The number of aryl methyl sites for hydroxylation is 1. The monoisotopic (exact) mass is 656 g/mol. The Balaban J connectivity index is 1.08. The van der Waals surface area contributed by atoms with Gasteiger partial charge >= 0.3 is 0 Å². The van der Waals surface area contributed by atoms with Gasteiger partial charge in [-0.15, -0.1) is 0 Å². The normalized spacial score (nSPS) is 24.5. The van der Waals surface area contributed by atoms with E-state index in [1.807, 2.05) is 0 Å². The van der Waals surface area contributed by atoms with E-state index in [1.54, 1.807) is 0 Å². The quantitative estimate of drug-likeness (QED) is 0.158. The molecule has 5 aliphatic heterocycles. The van der Waals surface area contributed by atoms with Crippen LogP contribution in [0.5, 0.6) is 5.75 Å². The first kappa shape index (κ1) is 32.9. The summed E-state index contributed by atoms with van der Waals surface area (Å²) >= 11 is 0. The third kappa shape index (κ3) is 6.10. The zero-order chi connectivity index (χ0) is 32.5. The summed E-state index contributed by atoms with van der Waals surface area (Å²) in [5, 5.41) is 8.99. The Bertz CT molecular complexity index is 1520. The fourth-order valence-electron chi connectivity index (χ4n) is 9.17. The molecule has 0 spiro atoms. The third-order valence-electron chi connectivity index (χ3n) is 11.2. The minimum Gasteiger partial charge on any atom is -0.485 e. The molecule has 0 aliphatic carbocycles. The molecule has 0 saturated carbocycles. The van der Waals surface area contributed by atoms with E-state index < -0.39 is 8.53 Å². The molecule has 47 heavy (non-hydrogen) atoms. The Morgan fingerprint density at radius 3 is 2.70 bits per heavy atom. The number of nitrogens with zero attached hydrogens (tertiary/aromatic N) is 4. The lowest BCUT2D eigenvalue weighted by Crippen LogP contribution is -2.53. The van der Waals surface area contributed by atoms with Crippen LogP contribution in [0.2, 0.25) is 0 Å². The Morgan fingerprint density at radius 2 is 1.89 bits per heavy atom. The van der Waals surface area contributed by atoms with Crippen molar-refractivity contribution < 1.29 is 13.8 Å². The minimum atomic E-state index is -1.14. The highest BCUT2D eigenvalue weighted by molar-refractivity contribution is 7.44. The van der Waals surface area contributed by atoms with Crippen molar-refractivity contribution in [2.75, 3.05) is 49.2 Å². The SMILES string of the molecule is CCN(C(C)C)P(OCCC#N)OCCCCCC1(C)c2ccccc2N2CCC3Oc4c(cc5c6c4CCCN6CCC5)C=C3C21. The topological polar surface area (TPSA) is 61.2 Å². The first-order chi connectivity index (χ1) is 22.9. The number of unbranched alkanes of at least 4 members (excludes halogenated alkanes) is 2. The minimum absolute atomic E-state index is 0.0196. The van der Waals surface area contributed by atoms with E-state index in [-0.39, 0.29) is 11.5 Å². The molecule has 5 heterocycles. The number of piperidine rings is 1. The first-order valence-corrected chi connectivity index (χ1v) is 19.4. The van der Waals surface area contributed by atoms with Crippen LogP contribution < -0.4 is 14.5 Å². The molecule has 4 unspecified atom stereocenters. The molecule has 1 saturated heterocycles. The smallest absolute Gasteiger partial charge is 0.258 e. The van der Waals surface area contributed by atoms with E-state index in [0.717, 1.165) is 51.6 Å². The van der Waals surface area contributed by atoms with Crippen LogP contribution in [-0.4, -0.2) is 62.3 Å². The van der Waals surface area contributed by atoms with Crippen molar-refractivity contribution in [2.45, 2.75) is 116 Å². The lowest BCUT2D eigenvalue weighted by Gasteiger charge is -2.47. The summed E-state index contributed by atoms with van der Waals surface area (Å²) in [5.41, 5.74) is 10.3. The van der Waals surface area contributed by atoms with E-state index in [0.29, 0.717) is 31.7 Å². The Hall–Kier alpha value is -2.62. The summed E-state index contributed by atoms with van der Waals surface area (Å²) in [6.45, 7) is 14.4. The molecule has 7 nitrogen and oxygen atoms in total. The summed E-state index contributed by atoms with van der Waals surface area (Å²) in [6.07, 6.45) is 13.4. The van der Waals surface area contributed by atoms with Crippen molar-refractivity contribution in [3.05, 3.63) is 58.2 Å². The van der Waals surface area contributed by atoms with Crippen LogP contribution in [0.25, 0.3) is 6.08 Å². The molecule has 4 atom stereocenters. The molecule has 0 radical (unpaired) electrons. The van der Waals surface area contributed by atoms with Crippen molar-refractivity contribution in [2.24, 2.45) is 0 Å². The number of ether oxygens (including phenoxy) is 1. The number of fused-ring (bicyclic) bond motifs is 7. The first-order valence-electron chi connectivity index (χ1n) is 18.3. The van der Waals surface area contributed by atoms with Gasteiger partial charge in [-0.25, -0.2) is 4.67 Å². The van der Waals surface area contributed by atoms with Crippen LogP contribution in [0.4, 0.5) is 11.4 Å². The van der Waals surface area contributed by atoms with Crippen molar-refractivity contribution in [1.82, 2.24) is 4.67 Å². The van der Waals surface area contributed by atoms with Crippen LogP contribution in [0.15, 0.2) is 35.9 Å². The van der Waals surface area contributed by atoms with Gasteiger partial charge in [0.05, 0.1) is 31.7 Å². The molecule has 7 rings (SSSR count). The maximum absolute atomic E-state index is 8.99. The average Bonchev–Trinajstić information content (AvgIpc) is 3.34. The van der Waals surface area contributed by atoms with E-state index in [4.69, 9.17) is 19.0 Å². The van der Waals surface area contributed by atoms with E-state index >= 15 is 0 Å². The summed E-state index contributed by atoms with van der Waals surface area (Å²) in [5.74, 6) is 1.19. The molecular weight excluding hydrogens is 603 g/mol. The van der Waals surface area contributed by atoms with Crippen molar-refractivity contribution in [3.63, 3.8) is 0 Å². The predicted molar refractivity (Wildman–Crippen MR) is 192 cm³/mol. The average molecular weight is 657 g/mol. The summed E-state index contributed by atoms with van der Waals surface area (Å²) < 4.78 is 21.8. The largest absolute Gasteiger partial charge is 0.485 e. The number of para-hydroxylation sites is 1. The molecule has 5 aliphatic rings. The molecule has 1 fully saturated rings. The highest BCUT2D eigenvalue weighted by Gasteiger charge is 2.53. The molecule has 0 bridgehead atoms. The number of nitriles is 1. The van der Waals surface area contributed by atoms with Gasteiger partial charge in [0, 0.05) is 66.6 Å². The fraction of sp³-hybridized carbons (Fsp3) is 0.615. The molecular formula is C39H53N4O3P. The van der Waals surface area contributed by atoms with Gasteiger partial charge < -0.3 is 23.6 Å². The van der Waals surface area contributed by atoms with Gasteiger partial charge in [-0.3, -0.25) is 0 Å². The van der Waals surface area contributed by atoms with Crippen LogP contribution in [0, 0.1) is 11.3 Å². The number of hydrogen-bond donors (Lipinski definition) is 0. The maximum Gasteiger partial charge on any atom is 0.258 e. The number of benzene rings is 2. The summed E-state index contributed by atoms with van der Waals surface area (Å²) in [6, 6.07) is 14.5. The molecule has 0 amide bonds. The van der Waals surface area contributed by atoms with Crippen LogP contribution in [0.3, 0.4) is 0 Å². The van der Waals surface area contributed by atoms with Gasteiger partial charge in [0.1, 0.15) is 11.9 Å². The molecule has 0 aromatic heterocycles. The molecule has 2 aromatic carbocycles.